The third-order valence-corrected chi connectivity index (χ3v) is 7.34. The molecule has 0 spiro atoms. The fraction of sp³-hybridized carbons (Fsp3) is 0.250. The molecular formula is C32H32N2O4. The Kier molecular flexibility index (Phi) is 6.57. The molecule has 0 bridgehead atoms. The van der Waals surface area contributed by atoms with E-state index in [0.717, 1.165) is 51.0 Å². The second kappa shape index (κ2) is 9.86. The van der Waals surface area contributed by atoms with Crippen LogP contribution in [0.25, 0.3) is 16.7 Å². The molecular weight excluding hydrogens is 476 g/mol. The molecule has 1 aliphatic heterocycles. The maximum atomic E-state index is 13.7. The first-order valence-electron chi connectivity index (χ1n) is 12.9. The van der Waals surface area contributed by atoms with Gasteiger partial charge in [-0.15, -0.1) is 0 Å². The number of hydrogen-bond donors (Lipinski definition) is 2. The van der Waals surface area contributed by atoms with Gasteiger partial charge in [-0.05, 0) is 87.2 Å². The average Bonchev–Trinajstić information content (AvgIpc) is 3.36. The molecule has 3 aromatic carbocycles. The van der Waals surface area contributed by atoms with Crippen LogP contribution in [0.3, 0.4) is 0 Å². The van der Waals surface area contributed by atoms with Gasteiger partial charge in [0.05, 0.1) is 18.2 Å². The largest absolute Gasteiger partial charge is 0.507 e. The zero-order valence-corrected chi connectivity index (χ0v) is 22.4. The van der Waals surface area contributed by atoms with E-state index in [4.69, 9.17) is 4.74 Å². The number of anilines is 1. The number of carbonyl (C=O) groups is 2. The first kappa shape index (κ1) is 25.3. The Bertz CT molecular complexity index is 1610. The molecule has 0 saturated carbocycles. The lowest BCUT2D eigenvalue weighted by molar-refractivity contribution is -0.132. The molecule has 1 aromatic heterocycles. The van der Waals surface area contributed by atoms with Crippen molar-refractivity contribution in [1.82, 2.24) is 4.98 Å². The number of aromatic amines is 1. The van der Waals surface area contributed by atoms with Crippen molar-refractivity contribution >= 4 is 34.0 Å². The fourth-order valence-corrected chi connectivity index (χ4v) is 5.22. The highest BCUT2D eigenvalue weighted by Gasteiger charge is 2.48. The van der Waals surface area contributed by atoms with Gasteiger partial charge in [0, 0.05) is 33.4 Å². The van der Waals surface area contributed by atoms with E-state index in [1.54, 1.807) is 18.2 Å². The van der Waals surface area contributed by atoms with Gasteiger partial charge in [0.1, 0.15) is 11.5 Å². The van der Waals surface area contributed by atoms with E-state index in [-0.39, 0.29) is 11.3 Å². The van der Waals surface area contributed by atoms with E-state index >= 15 is 0 Å². The molecule has 1 aliphatic rings. The summed E-state index contributed by atoms with van der Waals surface area (Å²) in [5.74, 6) is -0.846. The molecule has 38 heavy (non-hydrogen) atoms. The van der Waals surface area contributed by atoms with Crippen molar-refractivity contribution < 1.29 is 19.4 Å². The number of aryl methyl sites for hydroxylation is 4. The average molecular weight is 509 g/mol. The van der Waals surface area contributed by atoms with Crippen molar-refractivity contribution in [3.05, 3.63) is 99.7 Å². The molecule has 2 N–H and O–H groups in total. The zero-order chi connectivity index (χ0) is 27.1. The highest BCUT2D eigenvalue weighted by atomic mass is 16.5. The lowest BCUT2D eigenvalue weighted by atomic mass is 9.92. The highest BCUT2D eigenvalue weighted by molar-refractivity contribution is 6.52. The van der Waals surface area contributed by atoms with Gasteiger partial charge >= 0.3 is 0 Å². The molecule has 6 nitrogen and oxygen atoms in total. The summed E-state index contributed by atoms with van der Waals surface area (Å²) in [6.45, 7) is 10.4. The van der Waals surface area contributed by atoms with Crippen LogP contribution in [0.15, 0.2) is 66.2 Å². The summed E-state index contributed by atoms with van der Waals surface area (Å²) >= 11 is 0. The number of aromatic nitrogens is 1. The second-order valence-electron chi connectivity index (χ2n) is 9.98. The fourth-order valence-electron chi connectivity index (χ4n) is 5.22. The molecule has 6 heteroatoms. The lowest BCUT2D eigenvalue weighted by Gasteiger charge is -2.26. The molecule has 1 amide bonds. The number of fused-ring (bicyclic) bond motifs is 1. The van der Waals surface area contributed by atoms with Gasteiger partial charge in [-0.25, -0.2) is 0 Å². The van der Waals surface area contributed by atoms with Crippen molar-refractivity contribution in [2.45, 2.75) is 47.1 Å². The van der Waals surface area contributed by atoms with Crippen LogP contribution in [0, 0.1) is 27.7 Å². The Balaban J connectivity index is 1.75. The molecule has 194 valence electrons. The number of H-pyrrole nitrogens is 1. The van der Waals surface area contributed by atoms with Crippen LogP contribution in [0.1, 0.15) is 52.9 Å². The SMILES string of the molecule is CCCOc1ccc(/C(O)=C2\C(=O)C(=O)N(c3ccc(C)c(C)c3)C2c2c(C)[nH]c3ccccc23)cc1C. The number of carbonyl (C=O) groups excluding carboxylic acids is 2. The van der Waals surface area contributed by atoms with Crippen LogP contribution < -0.4 is 9.64 Å². The van der Waals surface area contributed by atoms with Crippen molar-refractivity contribution in [2.75, 3.05) is 11.5 Å². The van der Waals surface area contributed by atoms with Gasteiger partial charge in [0.15, 0.2) is 0 Å². The normalized spacial score (nSPS) is 17.0. The molecule has 1 unspecified atom stereocenters. The number of Topliss-reactive ketones (excluding diaryl/α,β-unsaturated/α-hetero) is 1. The van der Waals surface area contributed by atoms with E-state index in [2.05, 4.69) is 4.98 Å². The second-order valence-corrected chi connectivity index (χ2v) is 9.98. The zero-order valence-electron chi connectivity index (χ0n) is 22.4. The van der Waals surface area contributed by atoms with Crippen molar-refractivity contribution in [1.29, 1.82) is 0 Å². The van der Waals surface area contributed by atoms with Crippen LogP contribution in [-0.4, -0.2) is 28.4 Å². The number of ketones is 1. The lowest BCUT2D eigenvalue weighted by Crippen LogP contribution is -2.29. The molecule has 2 heterocycles. The third-order valence-electron chi connectivity index (χ3n) is 7.34. The number of benzene rings is 3. The van der Waals surface area contributed by atoms with Crippen molar-refractivity contribution in [2.24, 2.45) is 0 Å². The Hall–Kier alpha value is -4.32. The number of hydrogen-bond acceptors (Lipinski definition) is 4. The maximum Gasteiger partial charge on any atom is 0.300 e. The predicted octanol–water partition coefficient (Wildman–Crippen LogP) is 6.82. The van der Waals surface area contributed by atoms with Crippen LogP contribution in [0.5, 0.6) is 5.75 Å². The van der Waals surface area contributed by atoms with E-state index in [1.165, 1.54) is 4.90 Å². The van der Waals surface area contributed by atoms with Gasteiger partial charge in [0.25, 0.3) is 11.7 Å². The number of nitrogens with zero attached hydrogens (tertiary/aromatic N) is 1. The smallest absolute Gasteiger partial charge is 0.300 e. The number of rotatable bonds is 6. The van der Waals surface area contributed by atoms with E-state index in [0.29, 0.717) is 17.9 Å². The summed E-state index contributed by atoms with van der Waals surface area (Å²) in [4.78, 5) is 32.2. The van der Waals surface area contributed by atoms with Gasteiger partial charge < -0.3 is 14.8 Å². The van der Waals surface area contributed by atoms with Gasteiger partial charge in [0.2, 0.25) is 0 Å². The molecule has 1 atom stereocenters. The summed E-state index contributed by atoms with van der Waals surface area (Å²) in [6, 6.07) is 18.0. The standard InChI is InChI=1S/C32H32N2O4/c1-6-15-38-26-14-12-22(16-20(26)4)30(35)28-29(27-21(5)33-25-10-8-7-9-24(25)27)34(32(37)31(28)36)23-13-11-18(2)19(3)17-23/h7-14,16-17,29,33,35H,6,15H2,1-5H3/b30-28+. The third kappa shape index (κ3) is 4.16. The molecule has 0 radical (unpaired) electrons. The van der Waals surface area contributed by atoms with E-state index in [9.17, 15) is 14.7 Å². The van der Waals surface area contributed by atoms with Crippen LogP contribution >= 0.6 is 0 Å². The number of para-hydroxylation sites is 1. The van der Waals surface area contributed by atoms with Crippen LogP contribution in [0.4, 0.5) is 5.69 Å². The minimum atomic E-state index is -0.801. The first-order valence-corrected chi connectivity index (χ1v) is 12.9. The minimum Gasteiger partial charge on any atom is -0.507 e. The molecule has 1 saturated heterocycles. The Labute approximate surface area is 222 Å². The summed E-state index contributed by atoms with van der Waals surface area (Å²) in [5.41, 5.74) is 6.61. The summed E-state index contributed by atoms with van der Waals surface area (Å²) < 4.78 is 5.79. The molecule has 4 aromatic rings. The van der Waals surface area contributed by atoms with E-state index in [1.807, 2.05) is 77.1 Å². The number of nitrogens with one attached hydrogen (secondary N) is 1. The Morgan fingerprint density at radius 2 is 1.71 bits per heavy atom. The highest BCUT2D eigenvalue weighted by Crippen LogP contribution is 2.46. The van der Waals surface area contributed by atoms with E-state index < -0.39 is 17.7 Å². The van der Waals surface area contributed by atoms with Gasteiger partial charge in [-0.1, -0.05) is 31.2 Å². The monoisotopic (exact) mass is 508 g/mol. The topological polar surface area (TPSA) is 82.6 Å². The van der Waals surface area contributed by atoms with Crippen molar-refractivity contribution in [3.63, 3.8) is 0 Å². The van der Waals surface area contributed by atoms with Crippen molar-refractivity contribution in [3.8, 4) is 5.75 Å². The molecule has 1 fully saturated rings. The van der Waals surface area contributed by atoms with Crippen LogP contribution in [-0.2, 0) is 9.59 Å². The van der Waals surface area contributed by atoms with Gasteiger partial charge in [-0.2, -0.15) is 0 Å². The predicted molar refractivity (Wildman–Crippen MR) is 151 cm³/mol. The summed E-state index contributed by atoms with van der Waals surface area (Å²) in [7, 11) is 0. The van der Waals surface area contributed by atoms with Gasteiger partial charge in [-0.3, -0.25) is 14.5 Å². The maximum absolute atomic E-state index is 13.7. The quantitative estimate of drug-likeness (QED) is 0.170. The Morgan fingerprint density at radius 1 is 0.947 bits per heavy atom. The number of amides is 1. The molecule has 5 rings (SSSR count). The first-order chi connectivity index (χ1) is 18.2. The van der Waals surface area contributed by atoms with Crippen LogP contribution in [0.2, 0.25) is 0 Å². The Morgan fingerprint density at radius 3 is 2.42 bits per heavy atom. The number of aliphatic hydroxyl groups excluding tert-OH is 1. The summed E-state index contributed by atoms with van der Waals surface area (Å²) in [5, 5.41) is 12.5. The number of ether oxygens (including phenoxy) is 1. The molecule has 0 aliphatic carbocycles. The summed E-state index contributed by atoms with van der Waals surface area (Å²) in [6.07, 6.45) is 0.882. The number of aliphatic hydroxyl groups is 1. The minimum absolute atomic E-state index is 0.0720.